The first-order chi connectivity index (χ1) is 63.6. The lowest BCUT2D eigenvalue weighted by Gasteiger charge is -2.48. The fourth-order valence-corrected chi connectivity index (χ4v) is 18.2. The number of fused-ring (bicyclic) bond motifs is 15. The average Bonchev–Trinajstić information content (AvgIpc) is 0.755. The zero-order valence-corrected chi connectivity index (χ0v) is 74.4. The number of hydrogen-bond donors (Lipinski definition) is 20. The van der Waals surface area contributed by atoms with Gasteiger partial charge in [0, 0.05) is 67.0 Å². The second kappa shape index (κ2) is 42.6. The van der Waals surface area contributed by atoms with Gasteiger partial charge in [-0.3, -0.25) is 38.4 Å². The Hall–Kier alpha value is -10.8. The average molecular weight is 1910 g/mol. The number of nitrogens with one attached hydrogen (secondary N) is 6. The van der Waals surface area contributed by atoms with Gasteiger partial charge in [0.05, 0.1) is 65.0 Å². The van der Waals surface area contributed by atoms with Gasteiger partial charge in [0.25, 0.3) is 6.47 Å². The van der Waals surface area contributed by atoms with E-state index in [1.165, 1.54) is 36.4 Å². The maximum absolute atomic E-state index is 16.7. The standard InChI is InChI=1S/C93H106Cl2F3N7O29/c1-6-43(23-40(2)3)85(123)103-72-61(111)28-50(31-69(99)113)86(124)102-71-49-29-65(130-63-19-14-47(74(72)114)26-57(63)94)82(134-91-83(80(120)78(118)68(38-107)133-91)129-52-24-41(4)84(122)92(5,34-52)101-35-42-7-9-44(10-8-42)45-11-16-51(17-12-45)93(96,97)98)66(30-49)131-64-20-15-48(27-58(64)95)75(115)73-88(126)105-89(128-39-108)55-33-60(110)56(36-100-21-22-127-90-81(121)79(119)77(117)67(37-106)132-90)76(116)70(55)54-25-46(13-18-59(54)109)53(32-62(71)112)87(125)104-73/h7-20,25-27,29-30,33,39-41,43,50,52-53,67-68,71-75,77-81,83-84,89-91,100-101,106-107,109-110,114-122H,6,21-24,28,31-32,34-38H2,1-5H3,(H2,99,113)(H,102,124)(H,103,123)(H,104,125)(H,105,126)/t41-,43-,50+,52-,53-,67?,68-,71-,72+,73+,74-,75-,77+,78?,79+,80?,81?,83-,84-,89-,90-,91+,92?/m1/s1. The minimum absolute atomic E-state index is 0.0397. The molecule has 11 bridgehead atoms. The third-order valence-electron chi connectivity index (χ3n) is 25.1. The van der Waals surface area contributed by atoms with E-state index in [4.69, 9.17) is 66.8 Å². The minimum atomic E-state index is -4.55. The predicted octanol–water partition coefficient (Wildman–Crippen LogP) is 5.65. The third-order valence-corrected chi connectivity index (χ3v) is 25.7. The smallest absolute Gasteiger partial charge is 0.416 e. The number of amides is 5. The third kappa shape index (κ3) is 22.3. The molecule has 36 nitrogen and oxygen atoms in total. The number of halogens is 5. The van der Waals surface area contributed by atoms with Crippen molar-refractivity contribution >= 4 is 70.8 Å². The number of aliphatic hydroxyl groups is 10. The Bertz CT molecular complexity index is 5470. The van der Waals surface area contributed by atoms with E-state index in [2.05, 4.69) is 31.9 Å². The van der Waals surface area contributed by atoms with Crippen LogP contribution in [-0.4, -0.2) is 232 Å². The predicted molar refractivity (Wildman–Crippen MR) is 467 cm³/mol. The van der Waals surface area contributed by atoms with Crippen molar-refractivity contribution in [3.63, 3.8) is 0 Å². The summed E-state index contributed by atoms with van der Waals surface area (Å²) in [5.74, 6) is -18.5. The summed E-state index contributed by atoms with van der Waals surface area (Å²) < 4.78 is 90.7. The van der Waals surface area contributed by atoms with Crippen molar-refractivity contribution in [3.8, 4) is 68.2 Å². The highest BCUT2D eigenvalue weighted by Gasteiger charge is 2.53. The molecule has 3 fully saturated rings. The van der Waals surface area contributed by atoms with Crippen LogP contribution in [0, 0.1) is 23.7 Å². The Kier molecular flexibility index (Phi) is 32.0. The number of benzene rings is 7. The molecule has 0 spiro atoms. The first-order valence-corrected chi connectivity index (χ1v) is 44.2. The van der Waals surface area contributed by atoms with Crippen LogP contribution in [0.1, 0.15) is 154 Å². The molecule has 7 aromatic carbocycles. The summed E-state index contributed by atoms with van der Waals surface area (Å²) in [4.78, 5) is 120. The Morgan fingerprint density at radius 1 is 0.679 bits per heavy atom. The van der Waals surface area contributed by atoms with Gasteiger partial charge < -0.3 is 142 Å². The van der Waals surface area contributed by atoms with Gasteiger partial charge in [-0.05, 0) is 150 Å². The van der Waals surface area contributed by atoms with Gasteiger partial charge in [-0.15, -0.1) is 0 Å². The Morgan fingerprint density at radius 2 is 1.29 bits per heavy atom. The van der Waals surface area contributed by atoms with E-state index in [0.717, 1.165) is 60.7 Å². The number of carbonyl (C=O) groups excluding carboxylic acids is 8. The Balaban J connectivity index is 0.952. The zero-order chi connectivity index (χ0) is 97.0. The number of aromatic hydroxyl groups is 3. The van der Waals surface area contributed by atoms with E-state index < -0.39 is 299 Å². The van der Waals surface area contributed by atoms with Crippen LogP contribution in [0.15, 0.2) is 121 Å². The highest BCUT2D eigenvalue weighted by Crippen LogP contribution is 2.52. The first-order valence-electron chi connectivity index (χ1n) is 43.4. The molecule has 21 N–H and O–H groups in total. The number of phenolic OH excluding ortho intramolecular Hbond substituents is 3. The number of phenols is 3. The number of nitrogens with two attached hydrogens (primary N) is 1. The normalized spacial score (nSPS) is 28.8. The maximum atomic E-state index is 16.7. The molecule has 8 aliphatic rings. The zero-order valence-electron chi connectivity index (χ0n) is 72.9. The molecule has 0 radical (unpaired) electrons. The van der Waals surface area contributed by atoms with E-state index in [9.17, 15) is 93.9 Å². The molecular formula is C93H106Cl2F3N7O29. The lowest BCUT2D eigenvalue weighted by atomic mass is 9.73. The van der Waals surface area contributed by atoms with Crippen molar-refractivity contribution in [2.75, 3.05) is 26.4 Å². The summed E-state index contributed by atoms with van der Waals surface area (Å²) in [6.45, 7) is 6.05. The molecule has 23 atom stereocenters. The van der Waals surface area contributed by atoms with Gasteiger partial charge in [-0.1, -0.05) is 105 Å². The number of rotatable bonds is 25. The van der Waals surface area contributed by atoms with Gasteiger partial charge in [-0.25, -0.2) is 0 Å². The molecule has 7 aliphatic heterocycles. The Morgan fingerprint density at radius 3 is 1.89 bits per heavy atom. The van der Waals surface area contributed by atoms with Crippen molar-refractivity contribution in [2.24, 2.45) is 29.4 Å². The van der Waals surface area contributed by atoms with Gasteiger partial charge in [-0.2, -0.15) is 13.2 Å². The highest BCUT2D eigenvalue weighted by molar-refractivity contribution is 6.32. The molecule has 7 aromatic rings. The van der Waals surface area contributed by atoms with Crippen LogP contribution in [0.25, 0.3) is 22.3 Å². The van der Waals surface area contributed by atoms with Crippen molar-refractivity contribution in [2.45, 2.75) is 220 Å². The summed E-state index contributed by atoms with van der Waals surface area (Å²) in [6, 6.07) is 18.5. The largest absolute Gasteiger partial charge is 0.507 e. The van der Waals surface area contributed by atoms with Crippen LogP contribution in [-0.2, 0) is 81.3 Å². The SMILES string of the molecule is CC[C@H](CC(C)C)C(=O)N[C@H]1C(=O)C[C@@H](CC(N)=O)C(=O)N[C@H]2C(=O)C[C@H]3C(=O)N[C@H](C(=O)N[C@H](OC=O)c4cc(O)c(CNCCO[C@@H]5OC(CO)[C@H](O)[C@H](O)C5O)c(O)c4-c4cc3ccc4O)[C@H](O)c3ccc(c(Cl)c3)Oc3cc2cc(c3O[C@@H]2O[C@H](CO)C(O)C(O)[C@H]2O[C@@H]2C[C@@H](C)[C@@H](O)C(C)(NCc3ccc(-c4ccc(C(F)(F)F)cc4)cc3)C2)Oc2ccc(cc2Cl)[C@H]1O. The lowest BCUT2D eigenvalue weighted by Crippen LogP contribution is -2.64. The molecule has 41 heteroatoms. The number of ketones is 2. The fraction of sp³-hybridized carbons (Fsp3) is 0.462. The van der Waals surface area contributed by atoms with Crippen molar-refractivity contribution in [1.29, 1.82) is 0 Å². The van der Waals surface area contributed by atoms with E-state index in [1.54, 1.807) is 45.0 Å². The van der Waals surface area contributed by atoms with E-state index in [1.807, 2.05) is 13.8 Å². The maximum Gasteiger partial charge on any atom is 0.416 e. The van der Waals surface area contributed by atoms with Crippen molar-refractivity contribution < 1.29 is 156 Å². The molecule has 722 valence electrons. The summed E-state index contributed by atoms with van der Waals surface area (Å²) in [5.41, 5.74) is 2.69. The molecule has 0 aromatic heterocycles. The van der Waals surface area contributed by atoms with Crippen LogP contribution >= 0.6 is 23.2 Å². The monoisotopic (exact) mass is 1910 g/mol. The van der Waals surface area contributed by atoms with E-state index >= 15 is 24.0 Å². The van der Waals surface area contributed by atoms with Crippen molar-refractivity contribution in [3.05, 3.63) is 176 Å². The molecular weight excluding hydrogens is 1810 g/mol. The topological polar surface area (TPSA) is 572 Å². The van der Waals surface area contributed by atoms with Gasteiger partial charge in [0.15, 0.2) is 29.4 Å². The molecule has 15 rings (SSSR count). The van der Waals surface area contributed by atoms with Gasteiger partial charge in [0.2, 0.25) is 47.8 Å². The number of primary amides is 1. The van der Waals surface area contributed by atoms with E-state index in [-0.39, 0.29) is 84.4 Å². The molecule has 1 aliphatic carbocycles. The number of aliphatic hydroxyl groups excluding tert-OH is 10. The molecule has 2 saturated heterocycles. The van der Waals surface area contributed by atoms with Crippen molar-refractivity contribution in [1.82, 2.24) is 31.9 Å². The number of carbonyl (C=O) groups is 8. The lowest BCUT2D eigenvalue weighted by molar-refractivity contribution is -0.300. The minimum Gasteiger partial charge on any atom is -0.507 e. The van der Waals surface area contributed by atoms with Gasteiger partial charge in [0.1, 0.15) is 108 Å². The molecule has 1 saturated carbocycles. The molecule has 134 heavy (non-hydrogen) atoms. The summed E-state index contributed by atoms with van der Waals surface area (Å²) >= 11 is 14.5. The summed E-state index contributed by atoms with van der Waals surface area (Å²) in [6.07, 6.45) is -33.4. The first kappa shape index (κ1) is 101. The molecule has 5 amide bonds. The van der Waals surface area contributed by atoms with Crippen LogP contribution in [0.4, 0.5) is 13.2 Å². The quantitative estimate of drug-likeness (QED) is 0.0243. The summed E-state index contributed by atoms with van der Waals surface area (Å²) in [5, 5.41) is 166. The highest BCUT2D eigenvalue weighted by atomic mass is 35.5. The van der Waals surface area contributed by atoms with E-state index in [0.29, 0.717) is 23.1 Å². The molecule has 5 unspecified atom stereocenters. The van der Waals surface area contributed by atoms with Crippen LogP contribution in [0.5, 0.6) is 46.0 Å². The van der Waals surface area contributed by atoms with Gasteiger partial charge >= 0.3 is 6.18 Å². The fourth-order valence-electron chi connectivity index (χ4n) is 17.8. The number of alkyl halides is 3. The number of Topliss-reactive ketones (excluding diaryl/α,β-unsaturated/α-hetero) is 2. The molecule has 7 heterocycles. The number of ether oxygens (including phenoxy) is 8. The second-order valence-corrected chi connectivity index (χ2v) is 35.8. The Labute approximate surface area is 775 Å². The second-order valence-electron chi connectivity index (χ2n) is 35.0. The van der Waals surface area contributed by atoms with Crippen LogP contribution in [0.2, 0.25) is 10.0 Å². The van der Waals surface area contributed by atoms with Crippen LogP contribution < -0.4 is 51.8 Å². The summed E-state index contributed by atoms with van der Waals surface area (Å²) in [7, 11) is 0. The van der Waals surface area contributed by atoms with Crippen LogP contribution in [0.3, 0.4) is 0 Å². The number of hydrogen-bond acceptors (Lipinski definition) is 31.